The Morgan fingerprint density at radius 3 is 2.24 bits per heavy atom. The number of benzene rings is 2. The lowest BCUT2D eigenvalue weighted by Crippen LogP contribution is -2.13. The Kier molecular flexibility index (Phi) is 10.9. The molecule has 0 aliphatic carbocycles. The van der Waals surface area contributed by atoms with Crippen LogP contribution in [0.3, 0.4) is 0 Å². The number of nitrogens with one attached hydrogen (secondary N) is 2. The molecule has 37 heavy (non-hydrogen) atoms. The van der Waals surface area contributed by atoms with E-state index in [1.807, 2.05) is 6.92 Å². The first-order valence-electron chi connectivity index (χ1n) is 11.6. The highest BCUT2D eigenvalue weighted by molar-refractivity contribution is 7.92. The maximum absolute atomic E-state index is 12.5. The van der Waals surface area contributed by atoms with E-state index in [0.29, 0.717) is 27.8 Å². The molecule has 0 saturated carbocycles. The maximum atomic E-state index is 12.5. The Labute approximate surface area is 224 Å². The number of carbonyl (C=O) groups is 1. The SMILES string of the molecule is C=C(C)/C=C(\C)C(=O)Nc1cc(Oc2ccc(NS(=O)(=O)c3ccc(C)cc3)nc2)ccc1Cl.CCC. The first kappa shape index (κ1) is 29.6. The quantitative estimate of drug-likeness (QED) is 0.227. The number of halogens is 1. The molecule has 9 heteroatoms. The third kappa shape index (κ3) is 9.40. The second kappa shape index (κ2) is 13.6. The van der Waals surface area contributed by atoms with Gasteiger partial charge in [-0.1, -0.05) is 67.8 Å². The Bertz CT molecular complexity index is 1370. The molecule has 0 unspecified atom stereocenters. The van der Waals surface area contributed by atoms with Crippen LogP contribution >= 0.6 is 11.6 Å². The van der Waals surface area contributed by atoms with E-state index in [-0.39, 0.29) is 16.6 Å². The average molecular weight is 542 g/mol. The van der Waals surface area contributed by atoms with Crippen LogP contribution in [0.15, 0.2) is 89.5 Å². The smallest absolute Gasteiger partial charge is 0.263 e. The van der Waals surface area contributed by atoms with Crippen LogP contribution in [-0.2, 0) is 14.8 Å². The molecule has 0 atom stereocenters. The summed E-state index contributed by atoms with van der Waals surface area (Å²) < 4.78 is 33.3. The number of ether oxygens (including phenoxy) is 1. The number of hydrogen-bond donors (Lipinski definition) is 2. The second-order valence-electron chi connectivity index (χ2n) is 8.38. The number of amides is 1. The lowest BCUT2D eigenvalue weighted by Gasteiger charge is -2.12. The summed E-state index contributed by atoms with van der Waals surface area (Å²) >= 11 is 6.21. The molecule has 0 aliphatic heterocycles. The van der Waals surface area contributed by atoms with Crippen molar-refractivity contribution < 1.29 is 17.9 Å². The number of nitrogens with zero attached hydrogens (tertiary/aromatic N) is 1. The van der Waals surface area contributed by atoms with Crippen molar-refractivity contribution in [3.8, 4) is 11.5 Å². The summed E-state index contributed by atoms with van der Waals surface area (Å²) in [6, 6.07) is 14.4. The van der Waals surface area contributed by atoms with E-state index < -0.39 is 10.0 Å². The van der Waals surface area contributed by atoms with Crippen LogP contribution < -0.4 is 14.8 Å². The summed E-state index contributed by atoms with van der Waals surface area (Å²) in [5.41, 5.74) is 2.59. The Balaban J connectivity index is 0.00000153. The lowest BCUT2D eigenvalue weighted by molar-refractivity contribution is -0.112. The molecule has 1 amide bonds. The lowest BCUT2D eigenvalue weighted by atomic mass is 10.2. The first-order chi connectivity index (χ1) is 17.4. The molecule has 7 nitrogen and oxygen atoms in total. The van der Waals surface area contributed by atoms with Crippen molar-refractivity contribution in [2.75, 3.05) is 10.0 Å². The third-order valence-corrected chi connectivity index (χ3v) is 6.25. The number of anilines is 2. The van der Waals surface area contributed by atoms with Crippen molar-refractivity contribution >= 4 is 39.0 Å². The van der Waals surface area contributed by atoms with Gasteiger partial charge in [0.2, 0.25) is 0 Å². The molecule has 0 radical (unpaired) electrons. The summed E-state index contributed by atoms with van der Waals surface area (Å²) in [4.78, 5) is 16.6. The summed E-state index contributed by atoms with van der Waals surface area (Å²) in [6.45, 7) is 13.4. The Morgan fingerprint density at radius 1 is 1.05 bits per heavy atom. The minimum Gasteiger partial charge on any atom is -0.456 e. The highest BCUT2D eigenvalue weighted by atomic mass is 35.5. The summed E-state index contributed by atoms with van der Waals surface area (Å²) in [7, 11) is -3.76. The monoisotopic (exact) mass is 541 g/mol. The van der Waals surface area contributed by atoms with E-state index in [9.17, 15) is 13.2 Å². The number of allylic oxidation sites excluding steroid dienone is 2. The van der Waals surface area contributed by atoms with E-state index >= 15 is 0 Å². The molecule has 0 aliphatic rings. The maximum Gasteiger partial charge on any atom is 0.263 e. The van der Waals surface area contributed by atoms with Crippen LogP contribution in [0.4, 0.5) is 11.5 Å². The average Bonchev–Trinajstić information content (AvgIpc) is 2.82. The van der Waals surface area contributed by atoms with Crippen molar-refractivity contribution in [2.24, 2.45) is 0 Å². The van der Waals surface area contributed by atoms with E-state index in [0.717, 1.165) is 11.1 Å². The number of sulfonamides is 1. The number of carbonyl (C=O) groups excluding carboxylic acids is 1. The molecule has 196 valence electrons. The second-order valence-corrected chi connectivity index (χ2v) is 10.5. The molecule has 0 fully saturated rings. The van der Waals surface area contributed by atoms with Crippen molar-refractivity contribution in [1.82, 2.24) is 4.98 Å². The highest BCUT2D eigenvalue weighted by Gasteiger charge is 2.15. The third-order valence-electron chi connectivity index (χ3n) is 4.55. The molecular formula is C28H32ClN3O4S. The molecule has 3 rings (SSSR count). The first-order valence-corrected chi connectivity index (χ1v) is 13.5. The Hall–Kier alpha value is -3.62. The zero-order valence-corrected chi connectivity index (χ0v) is 23.2. The number of aryl methyl sites for hydroxylation is 1. The van der Waals surface area contributed by atoms with Crippen LogP contribution in [0.5, 0.6) is 11.5 Å². The number of pyridine rings is 1. The number of aromatic nitrogens is 1. The zero-order chi connectivity index (χ0) is 27.6. The molecule has 1 aromatic heterocycles. The standard InChI is InChI=1S/C25H24ClN3O4S.C3H8/c1-16(2)13-18(4)25(30)28-23-14-19(7-11-22(23)26)33-20-8-12-24(27-15-20)29-34(31,32)21-9-5-17(3)6-10-21;1-3-2/h5-15H,1H2,2-4H3,(H,27,29)(H,28,30);3H2,1-2H3/b18-13+;. The minimum absolute atomic E-state index is 0.143. The summed E-state index contributed by atoms with van der Waals surface area (Å²) in [5.74, 6) is 0.623. The normalized spacial score (nSPS) is 11.1. The van der Waals surface area contributed by atoms with E-state index in [1.165, 1.54) is 30.8 Å². The van der Waals surface area contributed by atoms with Gasteiger partial charge in [-0.3, -0.25) is 9.52 Å². The van der Waals surface area contributed by atoms with Crippen molar-refractivity contribution in [3.63, 3.8) is 0 Å². The van der Waals surface area contributed by atoms with Gasteiger partial charge in [-0.15, -0.1) is 0 Å². The molecule has 0 spiro atoms. The van der Waals surface area contributed by atoms with Gasteiger partial charge in [0.25, 0.3) is 15.9 Å². The number of rotatable bonds is 8. The van der Waals surface area contributed by atoms with Gasteiger partial charge in [0, 0.05) is 11.6 Å². The van der Waals surface area contributed by atoms with Crippen LogP contribution in [0.2, 0.25) is 5.02 Å². The van der Waals surface area contributed by atoms with Gasteiger partial charge in [0.1, 0.15) is 17.3 Å². The Morgan fingerprint density at radius 2 is 1.68 bits per heavy atom. The fourth-order valence-electron chi connectivity index (χ4n) is 2.87. The molecule has 1 heterocycles. The predicted molar refractivity (Wildman–Crippen MR) is 151 cm³/mol. The fourth-order valence-corrected chi connectivity index (χ4v) is 4.04. The van der Waals surface area contributed by atoms with Gasteiger partial charge in [-0.2, -0.15) is 0 Å². The van der Waals surface area contributed by atoms with Gasteiger partial charge in [-0.05, 0) is 57.2 Å². The molecule has 2 N–H and O–H groups in total. The van der Waals surface area contributed by atoms with Crippen LogP contribution in [0, 0.1) is 6.92 Å². The largest absolute Gasteiger partial charge is 0.456 e. The van der Waals surface area contributed by atoms with Crippen LogP contribution in [0.25, 0.3) is 0 Å². The minimum atomic E-state index is -3.76. The van der Waals surface area contributed by atoms with Gasteiger partial charge in [0.15, 0.2) is 0 Å². The highest BCUT2D eigenvalue weighted by Crippen LogP contribution is 2.30. The van der Waals surface area contributed by atoms with Crippen molar-refractivity contribution in [3.05, 3.63) is 95.2 Å². The molecule has 0 bridgehead atoms. The molecular weight excluding hydrogens is 510 g/mol. The summed E-state index contributed by atoms with van der Waals surface area (Å²) in [6.07, 6.45) is 4.31. The van der Waals surface area contributed by atoms with Gasteiger partial charge in [-0.25, -0.2) is 13.4 Å². The van der Waals surface area contributed by atoms with Crippen molar-refractivity contribution in [1.29, 1.82) is 0 Å². The van der Waals surface area contributed by atoms with E-state index in [2.05, 4.69) is 35.4 Å². The van der Waals surface area contributed by atoms with Crippen molar-refractivity contribution in [2.45, 2.75) is 45.9 Å². The van der Waals surface area contributed by atoms with Crippen LogP contribution in [0.1, 0.15) is 39.7 Å². The molecule has 2 aromatic carbocycles. The molecule has 0 saturated heterocycles. The summed E-state index contributed by atoms with van der Waals surface area (Å²) in [5, 5.41) is 3.09. The topological polar surface area (TPSA) is 97.4 Å². The van der Waals surface area contributed by atoms with Gasteiger partial charge >= 0.3 is 0 Å². The molecule has 3 aromatic rings. The van der Waals surface area contributed by atoms with E-state index in [1.54, 1.807) is 56.3 Å². The van der Waals surface area contributed by atoms with Crippen LogP contribution in [-0.4, -0.2) is 19.3 Å². The fraction of sp³-hybridized carbons (Fsp3) is 0.214. The predicted octanol–water partition coefficient (Wildman–Crippen LogP) is 7.51. The van der Waals surface area contributed by atoms with Gasteiger partial charge < -0.3 is 10.1 Å². The van der Waals surface area contributed by atoms with E-state index in [4.69, 9.17) is 16.3 Å². The van der Waals surface area contributed by atoms with Gasteiger partial charge in [0.05, 0.1) is 21.8 Å². The zero-order valence-electron chi connectivity index (χ0n) is 21.6. The number of hydrogen-bond acceptors (Lipinski definition) is 5.